The third-order valence-corrected chi connectivity index (χ3v) is 10.3. The smallest absolute Gasteiger partial charge is 0.274 e. The highest BCUT2D eigenvalue weighted by Crippen LogP contribution is 2.26. The third kappa shape index (κ3) is 7.02. The number of imidazole rings is 2. The molecule has 10 rings (SSSR count). The Labute approximate surface area is 321 Å². The molecule has 13 nitrogen and oxygen atoms in total. The molecule has 278 valence electrons. The fourth-order valence-corrected chi connectivity index (χ4v) is 7.48. The number of nitrogens with one attached hydrogen (secondary N) is 1. The van der Waals surface area contributed by atoms with Crippen LogP contribution in [0, 0.1) is 0 Å². The minimum absolute atomic E-state index is 0.0591. The van der Waals surface area contributed by atoms with Crippen molar-refractivity contribution in [1.82, 2.24) is 48.8 Å². The monoisotopic (exact) mass is 741 g/mol. The van der Waals surface area contributed by atoms with Crippen LogP contribution in [-0.4, -0.2) is 56.4 Å². The van der Waals surface area contributed by atoms with Crippen LogP contribution in [0.15, 0.2) is 131 Å². The van der Waals surface area contributed by atoms with Crippen molar-refractivity contribution in [3.05, 3.63) is 160 Å². The van der Waals surface area contributed by atoms with Crippen LogP contribution in [0.25, 0.3) is 43.9 Å². The van der Waals surface area contributed by atoms with Gasteiger partial charge in [-0.05, 0) is 71.5 Å². The van der Waals surface area contributed by atoms with Crippen molar-refractivity contribution in [2.75, 3.05) is 6.54 Å². The van der Waals surface area contributed by atoms with E-state index in [9.17, 15) is 9.59 Å². The number of benzene rings is 2. The van der Waals surface area contributed by atoms with Gasteiger partial charge in [0.25, 0.3) is 11.1 Å². The molecule has 2 aromatic carbocycles. The maximum absolute atomic E-state index is 13.0. The number of hydrogen-bond donors (Lipinski definition) is 1. The number of rotatable bonds is 8. The van der Waals surface area contributed by atoms with Gasteiger partial charge in [0, 0.05) is 73.8 Å². The molecule has 6 aromatic heterocycles. The van der Waals surface area contributed by atoms with E-state index in [-0.39, 0.29) is 11.1 Å². The summed E-state index contributed by atoms with van der Waals surface area (Å²) in [7, 11) is 0. The van der Waals surface area contributed by atoms with Crippen LogP contribution in [0.1, 0.15) is 35.6 Å². The fourth-order valence-electron chi connectivity index (χ4n) is 7.48. The Morgan fingerprint density at radius 1 is 0.696 bits per heavy atom. The molecule has 1 N–H and O–H groups in total. The predicted octanol–water partition coefficient (Wildman–Crippen LogP) is 5.49. The first-order valence-corrected chi connectivity index (χ1v) is 18.9. The van der Waals surface area contributed by atoms with Crippen LogP contribution < -0.4 is 16.4 Å². The van der Waals surface area contributed by atoms with Crippen LogP contribution in [-0.2, 0) is 38.9 Å². The number of fused-ring (bicyclic) bond motifs is 4. The molecule has 0 saturated carbocycles. The minimum atomic E-state index is -0.0860. The number of nitrogens with zero attached hydrogens (tertiary/aromatic N) is 10. The number of aliphatic imine (C=N–C) groups is 1. The van der Waals surface area contributed by atoms with Gasteiger partial charge >= 0.3 is 0 Å². The molecule has 0 atom stereocenters. The quantitative estimate of drug-likeness (QED) is 0.216. The first-order valence-electron chi connectivity index (χ1n) is 18.9. The summed E-state index contributed by atoms with van der Waals surface area (Å²) < 4.78 is 7.29. The topological polar surface area (TPSA) is 142 Å². The first-order chi connectivity index (χ1) is 27.6. The second-order valence-corrected chi connectivity index (χ2v) is 13.9. The molecule has 0 fully saturated rings. The minimum Gasteiger partial charge on any atom is -0.353 e. The van der Waals surface area contributed by atoms with Gasteiger partial charge in [-0.3, -0.25) is 19.6 Å². The lowest BCUT2D eigenvalue weighted by molar-refractivity contribution is 0.522. The normalized spacial score (nSPS) is 13.6. The summed E-state index contributed by atoms with van der Waals surface area (Å²) in [4.78, 5) is 43.6. The van der Waals surface area contributed by atoms with E-state index in [2.05, 4.69) is 41.2 Å². The highest BCUT2D eigenvalue weighted by atomic mass is 16.1. The summed E-state index contributed by atoms with van der Waals surface area (Å²) in [5.74, 6) is 1.17. The van der Waals surface area contributed by atoms with Gasteiger partial charge in [0.05, 0.1) is 60.5 Å². The van der Waals surface area contributed by atoms with Crippen molar-refractivity contribution in [2.24, 2.45) is 4.99 Å². The van der Waals surface area contributed by atoms with Gasteiger partial charge in [-0.1, -0.05) is 30.3 Å². The van der Waals surface area contributed by atoms with Gasteiger partial charge in [-0.2, -0.15) is 10.2 Å². The third-order valence-electron chi connectivity index (χ3n) is 10.3. The van der Waals surface area contributed by atoms with E-state index in [1.807, 2.05) is 89.7 Å². The zero-order valence-electron chi connectivity index (χ0n) is 30.7. The van der Waals surface area contributed by atoms with Crippen molar-refractivity contribution in [1.29, 1.82) is 0 Å². The van der Waals surface area contributed by atoms with Crippen molar-refractivity contribution in [3.63, 3.8) is 0 Å². The standard InChI is InChI=1S/C22H17N5O.C21H22N6O/c28-22-19-5-3-4-18(16-7-10-23-11-8-16)20(19)14-24-27(22)13-9-17-15-26-12-2-1-6-21(26)25-17;28-21-18-5-3-4-17(15-10-22-14-23-11-15)19(18)12-24-27(21)9-7-16-13-26-8-2-1-6-20(26)25-16/h1-8,10-12,14-15H,9,13H2;3-5,10,12-14H,1-2,6-9,11H2,(H,22,23). The molecule has 2 aliphatic rings. The van der Waals surface area contributed by atoms with Gasteiger partial charge in [-0.25, -0.2) is 19.3 Å². The summed E-state index contributed by atoms with van der Waals surface area (Å²) >= 11 is 0. The number of pyridine rings is 2. The van der Waals surface area contributed by atoms with E-state index in [4.69, 9.17) is 4.98 Å². The van der Waals surface area contributed by atoms with Crippen molar-refractivity contribution in [2.45, 2.75) is 51.7 Å². The molecule has 8 aromatic rings. The van der Waals surface area contributed by atoms with Crippen LogP contribution in [0.4, 0.5) is 0 Å². The van der Waals surface area contributed by atoms with Crippen molar-refractivity contribution in [3.8, 4) is 11.1 Å². The maximum Gasteiger partial charge on any atom is 0.274 e. The summed E-state index contributed by atoms with van der Waals surface area (Å²) in [6.07, 6.45) is 21.6. The van der Waals surface area contributed by atoms with E-state index in [0.717, 1.165) is 63.0 Å². The Kier molecular flexibility index (Phi) is 9.54. The predicted molar refractivity (Wildman–Crippen MR) is 217 cm³/mol. The van der Waals surface area contributed by atoms with Gasteiger partial charge in [0.1, 0.15) is 11.5 Å². The highest BCUT2D eigenvalue weighted by molar-refractivity contribution is 5.96. The molecule has 2 aliphatic heterocycles. The Hall–Kier alpha value is -7.02. The number of aryl methyl sites for hydroxylation is 6. The Balaban J connectivity index is 0.000000146. The van der Waals surface area contributed by atoms with E-state index in [0.29, 0.717) is 43.2 Å². The summed E-state index contributed by atoms with van der Waals surface area (Å²) in [5.41, 5.74) is 6.78. The number of aromatic nitrogens is 9. The molecular formula is C43H39N11O2. The molecule has 8 heterocycles. The fraction of sp³-hybridized carbons (Fsp3) is 0.209. The van der Waals surface area contributed by atoms with Gasteiger partial charge in [0.15, 0.2) is 0 Å². The molecule has 13 heteroatoms. The largest absolute Gasteiger partial charge is 0.353 e. The highest BCUT2D eigenvalue weighted by Gasteiger charge is 2.15. The van der Waals surface area contributed by atoms with E-state index < -0.39 is 0 Å². The molecule has 0 radical (unpaired) electrons. The van der Waals surface area contributed by atoms with Crippen molar-refractivity contribution >= 4 is 39.1 Å². The zero-order valence-corrected chi connectivity index (χ0v) is 30.7. The lowest BCUT2D eigenvalue weighted by atomic mass is 10.0. The van der Waals surface area contributed by atoms with Crippen LogP contribution in [0.3, 0.4) is 0 Å². The van der Waals surface area contributed by atoms with Crippen molar-refractivity contribution < 1.29 is 0 Å². The van der Waals surface area contributed by atoms with Gasteiger partial charge in [0.2, 0.25) is 0 Å². The van der Waals surface area contributed by atoms with E-state index in [1.165, 1.54) is 23.3 Å². The molecule has 0 aliphatic carbocycles. The van der Waals surface area contributed by atoms with Gasteiger partial charge in [-0.15, -0.1) is 0 Å². The van der Waals surface area contributed by atoms with Crippen LogP contribution in [0.2, 0.25) is 0 Å². The maximum atomic E-state index is 13.0. The Morgan fingerprint density at radius 2 is 1.41 bits per heavy atom. The zero-order chi connectivity index (χ0) is 37.8. The lowest BCUT2D eigenvalue weighted by Gasteiger charge is -2.12. The lowest BCUT2D eigenvalue weighted by Crippen LogP contribution is -2.24. The van der Waals surface area contributed by atoms with E-state index in [1.54, 1.807) is 35.8 Å². The second kappa shape index (κ2) is 15.4. The molecule has 56 heavy (non-hydrogen) atoms. The van der Waals surface area contributed by atoms with E-state index >= 15 is 0 Å². The summed E-state index contributed by atoms with van der Waals surface area (Å²) in [6, 6.07) is 21.3. The molecule has 0 saturated heterocycles. The second-order valence-electron chi connectivity index (χ2n) is 13.9. The molecule has 0 bridgehead atoms. The SMILES string of the molecule is O=c1c2cccc(-c3ccncc3)c2cnn1CCc1cn2ccccc2n1.O=c1c2cccc(C3=CNC=NC3)c2cnn1CCc1cn2c(n1)CCCC2. The average Bonchev–Trinajstić information content (AvgIpc) is 3.88. The molecular weight excluding hydrogens is 703 g/mol. The summed E-state index contributed by atoms with van der Waals surface area (Å²) in [5, 5.41) is 14.9. The first kappa shape index (κ1) is 34.7. The van der Waals surface area contributed by atoms with Gasteiger partial charge < -0.3 is 14.3 Å². The van der Waals surface area contributed by atoms with Crippen LogP contribution in [0.5, 0.6) is 0 Å². The Bertz CT molecular complexity index is 2830. The Morgan fingerprint density at radius 3 is 2.11 bits per heavy atom. The molecule has 0 amide bonds. The van der Waals surface area contributed by atoms with Crippen LogP contribution >= 0.6 is 0 Å². The average molecular weight is 742 g/mol. The number of hydrogen-bond acceptors (Lipinski definition) is 9. The summed E-state index contributed by atoms with van der Waals surface area (Å²) in [6.45, 7) is 2.66. The molecule has 0 spiro atoms. The molecule has 0 unspecified atom stereocenters.